The molecule has 1 atom stereocenters. The topological polar surface area (TPSA) is 24.5 Å². The van der Waals surface area contributed by atoms with Gasteiger partial charge in [0.05, 0.1) is 0 Å². The second-order valence-corrected chi connectivity index (χ2v) is 5.04. The Bertz CT molecular complexity index is 349. The average Bonchev–Trinajstić information content (AvgIpc) is 2.42. The van der Waals surface area contributed by atoms with E-state index in [0.29, 0.717) is 0 Å². The zero-order chi connectivity index (χ0) is 12.8. The number of piperazine rings is 1. The van der Waals surface area contributed by atoms with Crippen LogP contribution in [0.4, 0.5) is 0 Å². The third-order valence-electron chi connectivity index (χ3n) is 3.18. The van der Waals surface area contributed by atoms with Gasteiger partial charge in [0.1, 0.15) is 5.75 Å². The van der Waals surface area contributed by atoms with Crippen LogP contribution in [0.2, 0.25) is 5.02 Å². The predicted octanol–water partition coefficient (Wildman–Crippen LogP) is 2.75. The number of halogens is 1. The summed E-state index contributed by atoms with van der Waals surface area (Å²) in [6.07, 6.45) is 2.36. The first kappa shape index (κ1) is 13.7. The SMILES string of the molecule is CCCC(Oc1ccc(Cl)cc1)N1CCNCC1. The third-order valence-corrected chi connectivity index (χ3v) is 3.43. The van der Waals surface area contributed by atoms with Crippen molar-refractivity contribution in [2.75, 3.05) is 26.2 Å². The van der Waals surface area contributed by atoms with Crippen LogP contribution in [-0.4, -0.2) is 37.3 Å². The molecule has 1 aromatic carbocycles. The quantitative estimate of drug-likeness (QED) is 0.889. The Morgan fingerprint density at radius 2 is 1.94 bits per heavy atom. The summed E-state index contributed by atoms with van der Waals surface area (Å²) in [5, 5.41) is 4.12. The Morgan fingerprint density at radius 3 is 2.56 bits per heavy atom. The molecule has 0 aliphatic carbocycles. The fourth-order valence-electron chi connectivity index (χ4n) is 2.20. The average molecular weight is 269 g/mol. The van der Waals surface area contributed by atoms with Crippen LogP contribution in [0, 0.1) is 0 Å². The molecule has 0 spiro atoms. The van der Waals surface area contributed by atoms with Crippen molar-refractivity contribution in [3.63, 3.8) is 0 Å². The lowest BCUT2D eigenvalue weighted by molar-refractivity contribution is 0.0105. The van der Waals surface area contributed by atoms with E-state index < -0.39 is 0 Å². The van der Waals surface area contributed by atoms with Gasteiger partial charge in [0.25, 0.3) is 0 Å². The molecule has 4 heteroatoms. The Labute approximate surface area is 114 Å². The van der Waals surface area contributed by atoms with E-state index in [4.69, 9.17) is 16.3 Å². The molecule has 0 saturated carbocycles. The summed E-state index contributed by atoms with van der Waals surface area (Å²) in [5.74, 6) is 0.899. The molecule has 1 aliphatic rings. The van der Waals surface area contributed by atoms with Crippen molar-refractivity contribution in [3.05, 3.63) is 29.3 Å². The molecule has 1 unspecified atom stereocenters. The van der Waals surface area contributed by atoms with Crippen molar-refractivity contribution < 1.29 is 4.74 Å². The maximum atomic E-state index is 6.09. The molecule has 1 aromatic rings. The van der Waals surface area contributed by atoms with Crippen LogP contribution in [0.3, 0.4) is 0 Å². The number of benzene rings is 1. The summed E-state index contributed by atoms with van der Waals surface area (Å²) in [6.45, 7) is 6.39. The first-order valence-corrected chi connectivity index (χ1v) is 7.04. The first-order valence-electron chi connectivity index (χ1n) is 6.66. The molecule has 2 rings (SSSR count). The van der Waals surface area contributed by atoms with Crippen molar-refractivity contribution in [2.24, 2.45) is 0 Å². The van der Waals surface area contributed by atoms with Gasteiger partial charge in [0, 0.05) is 31.2 Å². The normalized spacial score (nSPS) is 18.6. The molecule has 18 heavy (non-hydrogen) atoms. The highest BCUT2D eigenvalue weighted by Crippen LogP contribution is 2.19. The van der Waals surface area contributed by atoms with Crippen molar-refractivity contribution in [2.45, 2.75) is 26.0 Å². The molecular weight excluding hydrogens is 248 g/mol. The Kier molecular flexibility index (Phi) is 5.29. The molecule has 1 N–H and O–H groups in total. The van der Waals surface area contributed by atoms with Gasteiger partial charge in [0.15, 0.2) is 6.23 Å². The van der Waals surface area contributed by atoms with Gasteiger partial charge >= 0.3 is 0 Å². The minimum absolute atomic E-state index is 0.179. The van der Waals surface area contributed by atoms with Crippen molar-refractivity contribution in [3.8, 4) is 5.75 Å². The molecule has 1 fully saturated rings. The van der Waals surface area contributed by atoms with Crippen molar-refractivity contribution in [1.82, 2.24) is 10.2 Å². The van der Waals surface area contributed by atoms with Crippen LogP contribution in [0.15, 0.2) is 24.3 Å². The molecule has 1 saturated heterocycles. The molecule has 0 radical (unpaired) electrons. The lowest BCUT2D eigenvalue weighted by Crippen LogP contribution is -2.50. The highest BCUT2D eigenvalue weighted by atomic mass is 35.5. The minimum Gasteiger partial charge on any atom is -0.475 e. The van der Waals surface area contributed by atoms with Gasteiger partial charge in [-0.2, -0.15) is 0 Å². The van der Waals surface area contributed by atoms with Crippen LogP contribution in [-0.2, 0) is 0 Å². The monoisotopic (exact) mass is 268 g/mol. The van der Waals surface area contributed by atoms with Crippen LogP contribution in [0.25, 0.3) is 0 Å². The Hall–Kier alpha value is -0.770. The zero-order valence-electron chi connectivity index (χ0n) is 10.9. The fraction of sp³-hybridized carbons (Fsp3) is 0.571. The smallest absolute Gasteiger partial charge is 0.152 e. The molecule has 100 valence electrons. The van der Waals surface area contributed by atoms with Gasteiger partial charge in [-0.15, -0.1) is 0 Å². The Balaban J connectivity index is 1.98. The summed E-state index contributed by atoms with van der Waals surface area (Å²) >= 11 is 5.88. The number of hydrogen-bond acceptors (Lipinski definition) is 3. The van der Waals surface area contributed by atoms with E-state index in [-0.39, 0.29) is 6.23 Å². The Morgan fingerprint density at radius 1 is 1.28 bits per heavy atom. The lowest BCUT2D eigenvalue weighted by Gasteiger charge is -2.34. The number of nitrogens with one attached hydrogen (secondary N) is 1. The summed E-state index contributed by atoms with van der Waals surface area (Å²) in [6, 6.07) is 7.62. The largest absolute Gasteiger partial charge is 0.475 e. The number of rotatable bonds is 5. The standard InChI is InChI=1S/C14H21ClN2O/c1-2-3-14(17-10-8-16-9-11-17)18-13-6-4-12(15)5-7-13/h4-7,14,16H,2-3,8-11H2,1H3. The summed E-state index contributed by atoms with van der Waals surface area (Å²) in [4.78, 5) is 2.41. The van der Waals surface area contributed by atoms with E-state index in [0.717, 1.165) is 49.8 Å². The van der Waals surface area contributed by atoms with E-state index in [1.807, 2.05) is 24.3 Å². The number of nitrogens with zero attached hydrogens (tertiary/aromatic N) is 1. The number of hydrogen-bond donors (Lipinski definition) is 1. The van der Waals surface area contributed by atoms with Gasteiger partial charge in [-0.05, 0) is 30.7 Å². The maximum Gasteiger partial charge on any atom is 0.152 e. The van der Waals surface area contributed by atoms with Crippen LogP contribution in [0.5, 0.6) is 5.75 Å². The summed E-state index contributed by atoms with van der Waals surface area (Å²) in [7, 11) is 0. The second-order valence-electron chi connectivity index (χ2n) is 4.60. The van der Waals surface area contributed by atoms with Crippen molar-refractivity contribution in [1.29, 1.82) is 0 Å². The van der Waals surface area contributed by atoms with Gasteiger partial charge in [0.2, 0.25) is 0 Å². The van der Waals surface area contributed by atoms with Gasteiger partial charge in [-0.3, -0.25) is 4.90 Å². The first-order chi connectivity index (χ1) is 8.79. The molecule has 0 bridgehead atoms. The highest BCUT2D eigenvalue weighted by molar-refractivity contribution is 6.30. The van der Waals surface area contributed by atoms with E-state index in [9.17, 15) is 0 Å². The van der Waals surface area contributed by atoms with Crippen LogP contribution < -0.4 is 10.1 Å². The van der Waals surface area contributed by atoms with E-state index in [2.05, 4.69) is 17.1 Å². The third kappa shape index (κ3) is 3.87. The minimum atomic E-state index is 0.179. The second kappa shape index (κ2) is 6.98. The molecule has 1 aliphatic heterocycles. The molecule has 0 aromatic heterocycles. The van der Waals surface area contributed by atoms with Gasteiger partial charge < -0.3 is 10.1 Å². The van der Waals surface area contributed by atoms with Gasteiger partial charge in [-0.1, -0.05) is 24.9 Å². The lowest BCUT2D eigenvalue weighted by atomic mass is 10.2. The van der Waals surface area contributed by atoms with Crippen LogP contribution >= 0.6 is 11.6 Å². The fourth-order valence-corrected chi connectivity index (χ4v) is 2.33. The predicted molar refractivity (Wildman–Crippen MR) is 75.2 cm³/mol. The summed E-state index contributed by atoms with van der Waals surface area (Å²) in [5.41, 5.74) is 0. The molecule has 1 heterocycles. The molecule has 0 amide bonds. The zero-order valence-corrected chi connectivity index (χ0v) is 11.6. The van der Waals surface area contributed by atoms with E-state index in [1.54, 1.807) is 0 Å². The maximum absolute atomic E-state index is 6.09. The number of ether oxygens (including phenoxy) is 1. The van der Waals surface area contributed by atoms with Gasteiger partial charge in [-0.25, -0.2) is 0 Å². The highest BCUT2D eigenvalue weighted by Gasteiger charge is 2.21. The van der Waals surface area contributed by atoms with E-state index in [1.165, 1.54) is 0 Å². The van der Waals surface area contributed by atoms with Crippen molar-refractivity contribution >= 4 is 11.6 Å². The van der Waals surface area contributed by atoms with E-state index >= 15 is 0 Å². The molecular formula is C14H21ClN2O. The summed E-state index contributed by atoms with van der Waals surface area (Å²) < 4.78 is 6.09. The molecule has 3 nitrogen and oxygen atoms in total. The van der Waals surface area contributed by atoms with Crippen LogP contribution in [0.1, 0.15) is 19.8 Å².